The summed E-state index contributed by atoms with van der Waals surface area (Å²) >= 11 is 0. The number of hydrogen-bond acceptors (Lipinski definition) is 2. The van der Waals surface area contributed by atoms with Crippen molar-refractivity contribution >= 4 is 10.0 Å². The number of sulfonamides is 1. The average molecular weight is 303 g/mol. The topological polar surface area (TPSA) is 46.2 Å². The summed E-state index contributed by atoms with van der Waals surface area (Å²) in [6, 6.07) is 15.0. The summed E-state index contributed by atoms with van der Waals surface area (Å²) in [5.41, 5.74) is 4.08. The zero-order chi connectivity index (χ0) is 15.5. The Morgan fingerprint density at radius 3 is 2.33 bits per heavy atom. The maximum absolute atomic E-state index is 12.3. The summed E-state index contributed by atoms with van der Waals surface area (Å²) in [5.74, 6) is 0.00306. The third-order valence-corrected chi connectivity index (χ3v) is 4.87. The Balaban J connectivity index is 2.12. The van der Waals surface area contributed by atoms with Crippen molar-refractivity contribution in [2.75, 3.05) is 0 Å². The molecule has 3 nitrogen and oxygen atoms in total. The molecule has 0 radical (unpaired) electrons. The first-order valence-electron chi connectivity index (χ1n) is 6.98. The van der Waals surface area contributed by atoms with E-state index >= 15 is 0 Å². The van der Waals surface area contributed by atoms with Crippen molar-refractivity contribution in [1.29, 1.82) is 0 Å². The van der Waals surface area contributed by atoms with E-state index in [2.05, 4.69) is 10.8 Å². The summed E-state index contributed by atoms with van der Waals surface area (Å²) in [6.45, 7) is 5.91. The Morgan fingerprint density at radius 1 is 1.05 bits per heavy atom. The van der Waals surface area contributed by atoms with Gasteiger partial charge in [0.15, 0.2) is 0 Å². The summed E-state index contributed by atoms with van der Waals surface area (Å²) in [7, 11) is -3.36. The van der Waals surface area contributed by atoms with Crippen LogP contribution in [0, 0.1) is 13.8 Å². The van der Waals surface area contributed by atoms with E-state index < -0.39 is 10.0 Å². The second-order valence-electron chi connectivity index (χ2n) is 5.44. The molecule has 0 unspecified atom stereocenters. The number of aryl methyl sites for hydroxylation is 2. The fourth-order valence-corrected chi connectivity index (χ4v) is 3.86. The molecule has 0 aromatic heterocycles. The highest BCUT2D eigenvalue weighted by Gasteiger charge is 2.17. The maximum atomic E-state index is 12.3. The van der Waals surface area contributed by atoms with E-state index in [1.54, 1.807) is 0 Å². The largest absolute Gasteiger partial charge is 0.216 e. The predicted molar refractivity (Wildman–Crippen MR) is 86.5 cm³/mol. The van der Waals surface area contributed by atoms with Crippen LogP contribution in [0.1, 0.15) is 35.2 Å². The first-order chi connectivity index (χ1) is 9.87. The molecule has 0 saturated carbocycles. The first kappa shape index (κ1) is 15.7. The highest BCUT2D eigenvalue weighted by molar-refractivity contribution is 7.88. The molecule has 0 heterocycles. The first-order valence-corrected chi connectivity index (χ1v) is 8.64. The van der Waals surface area contributed by atoms with Crippen LogP contribution in [0.4, 0.5) is 0 Å². The van der Waals surface area contributed by atoms with Crippen LogP contribution in [0.15, 0.2) is 48.5 Å². The monoisotopic (exact) mass is 303 g/mol. The molecule has 112 valence electrons. The molecule has 2 aromatic carbocycles. The Kier molecular flexibility index (Phi) is 4.80. The normalized spacial score (nSPS) is 13.1. The quantitative estimate of drug-likeness (QED) is 0.919. The zero-order valence-electron chi connectivity index (χ0n) is 12.6. The summed E-state index contributed by atoms with van der Waals surface area (Å²) < 4.78 is 27.3. The Bertz CT molecular complexity index is 709. The fourth-order valence-electron chi connectivity index (χ4n) is 2.48. The van der Waals surface area contributed by atoms with Gasteiger partial charge < -0.3 is 0 Å². The van der Waals surface area contributed by atoms with Gasteiger partial charge in [-0.1, -0.05) is 54.1 Å². The fraction of sp³-hybridized carbons (Fsp3) is 0.294. The molecule has 0 bridgehead atoms. The van der Waals surface area contributed by atoms with Gasteiger partial charge in [0, 0.05) is 6.04 Å². The van der Waals surface area contributed by atoms with Crippen molar-refractivity contribution in [2.24, 2.45) is 0 Å². The highest BCUT2D eigenvalue weighted by atomic mass is 32.2. The van der Waals surface area contributed by atoms with Gasteiger partial charge in [0.1, 0.15) is 0 Å². The van der Waals surface area contributed by atoms with Crippen molar-refractivity contribution in [3.63, 3.8) is 0 Å². The number of benzene rings is 2. The van der Waals surface area contributed by atoms with Crippen molar-refractivity contribution in [1.82, 2.24) is 4.72 Å². The van der Waals surface area contributed by atoms with Crippen molar-refractivity contribution in [2.45, 2.75) is 32.6 Å². The highest BCUT2D eigenvalue weighted by Crippen LogP contribution is 2.20. The molecule has 0 aliphatic heterocycles. The minimum Gasteiger partial charge on any atom is -0.212 e. The Labute approximate surface area is 127 Å². The number of rotatable bonds is 5. The molecule has 0 fully saturated rings. The van der Waals surface area contributed by atoms with Crippen LogP contribution in [0.2, 0.25) is 0 Å². The van der Waals surface area contributed by atoms with E-state index in [9.17, 15) is 8.42 Å². The van der Waals surface area contributed by atoms with Crippen LogP contribution in [0.25, 0.3) is 0 Å². The van der Waals surface area contributed by atoms with Gasteiger partial charge in [-0.25, -0.2) is 13.1 Å². The molecule has 2 aromatic rings. The molecular formula is C17H21NO2S. The third kappa shape index (κ3) is 4.41. The van der Waals surface area contributed by atoms with Crippen LogP contribution in [0.3, 0.4) is 0 Å². The molecule has 4 heteroatoms. The van der Waals surface area contributed by atoms with Crippen LogP contribution in [-0.4, -0.2) is 8.42 Å². The molecule has 21 heavy (non-hydrogen) atoms. The molecule has 1 atom stereocenters. The van der Waals surface area contributed by atoms with E-state index in [1.807, 2.05) is 63.2 Å². The van der Waals surface area contributed by atoms with Crippen LogP contribution >= 0.6 is 0 Å². The minimum atomic E-state index is -3.36. The van der Waals surface area contributed by atoms with Crippen LogP contribution < -0.4 is 4.72 Å². The van der Waals surface area contributed by atoms with Gasteiger partial charge in [-0.2, -0.15) is 0 Å². The average Bonchev–Trinajstić information content (AvgIpc) is 2.38. The lowest BCUT2D eigenvalue weighted by molar-refractivity contribution is 0.565. The second kappa shape index (κ2) is 6.41. The van der Waals surface area contributed by atoms with E-state index in [4.69, 9.17) is 0 Å². The maximum Gasteiger partial charge on any atom is 0.216 e. The summed E-state index contributed by atoms with van der Waals surface area (Å²) in [5, 5.41) is 0. The Hall–Kier alpha value is -1.65. The SMILES string of the molecule is Cc1ccc([C@H](C)NS(=O)(=O)Cc2ccccc2)c(C)c1. The molecule has 1 N–H and O–H groups in total. The standard InChI is InChI=1S/C17H21NO2S/c1-13-9-10-17(14(2)11-13)15(3)18-21(19,20)12-16-7-5-4-6-8-16/h4-11,15,18H,12H2,1-3H3/t15-/m0/s1. The predicted octanol–water partition coefficient (Wildman–Crippen LogP) is 3.48. The Morgan fingerprint density at radius 2 is 1.71 bits per heavy atom. The van der Waals surface area contributed by atoms with Gasteiger partial charge in [0.05, 0.1) is 5.75 Å². The van der Waals surface area contributed by atoms with E-state index in [-0.39, 0.29) is 11.8 Å². The molecule has 0 amide bonds. The molecule has 0 spiro atoms. The molecule has 0 saturated heterocycles. The smallest absolute Gasteiger partial charge is 0.212 e. The van der Waals surface area contributed by atoms with E-state index in [0.717, 1.165) is 16.7 Å². The van der Waals surface area contributed by atoms with Crippen molar-refractivity contribution in [3.05, 3.63) is 70.8 Å². The summed E-state index contributed by atoms with van der Waals surface area (Å²) in [6.07, 6.45) is 0. The lowest BCUT2D eigenvalue weighted by Crippen LogP contribution is -2.28. The molecule has 0 aliphatic carbocycles. The third-order valence-electron chi connectivity index (χ3n) is 3.45. The second-order valence-corrected chi connectivity index (χ2v) is 7.20. The van der Waals surface area contributed by atoms with Crippen molar-refractivity contribution in [3.8, 4) is 0 Å². The van der Waals surface area contributed by atoms with Crippen LogP contribution in [-0.2, 0) is 15.8 Å². The lowest BCUT2D eigenvalue weighted by Gasteiger charge is -2.17. The lowest BCUT2D eigenvalue weighted by atomic mass is 10.0. The van der Waals surface area contributed by atoms with Gasteiger partial charge >= 0.3 is 0 Å². The molecular weight excluding hydrogens is 282 g/mol. The molecule has 2 rings (SSSR count). The summed E-state index contributed by atoms with van der Waals surface area (Å²) in [4.78, 5) is 0. The van der Waals surface area contributed by atoms with Gasteiger partial charge in [-0.3, -0.25) is 0 Å². The number of nitrogens with one attached hydrogen (secondary N) is 1. The minimum absolute atomic E-state index is 0.00306. The molecule has 0 aliphatic rings. The van der Waals surface area contributed by atoms with Gasteiger partial charge in [-0.15, -0.1) is 0 Å². The van der Waals surface area contributed by atoms with Gasteiger partial charge in [-0.05, 0) is 37.5 Å². The van der Waals surface area contributed by atoms with E-state index in [0.29, 0.717) is 0 Å². The number of hydrogen-bond donors (Lipinski definition) is 1. The van der Waals surface area contributed by atoms with Crippen molar-refractivity contribution < 1.29 is 8.42 Å². The zero-order valence-corrected chi connectivity index (χ0v) is 13.4. The van der Waals surface area contributed by atoms with Gasteiger partial charge in [0.25, 0.3) is 0 Å². The van der Waals surface area contributed by atoms with Crippen LogP contribution in [0.5, 0.6) is 0 Å². The van der Waals surface area contributed by atoms with E-state index in [1.165, 1.54) is 5.56 Å². The van der Waals surface area contributed by atoms with Gasteiger partial charge in [0.2, 0.25) is 10.0 Å².